The number of benzene rings is 1. The van der Waals surface area contributed by atoms with Gasteiger partial charge in [-0.25, -0.2) is 0 Å². The lowest BCUT2D eigenvalue weighted by molar-refractivity contribution is -0.185. The van der Waals surface area contributed by atoms with Crippen LogP contribution < -0.4 is 5.32 Å². The van der Waals surface area contributed by atoms with Crippen LogP contribution >= 0.6 is 0 Å². The van der Waals surface area contributed by atoms with Gasteiger partial charge in [0.1, 0.15) is 0 Å². The molecule has 0 aliphatic rings. The average molecular weight is 340 g/mol. The van der Waals surface area contributed by atoms with Gasteiger partial charge in [-0.05, 0) is 36.8 Å². The largest absolute Gasteiger partial charge is 0.471 e. The number of furan rings is 1. The summed E-state index contributed by atoms with van der Waals surface area (Å²) in [5, 5.41) is 2.58. The molecule has 1 aromatic heterocycles. The van der Waals surface area contributed by atoms with Gasteiger partial charge in [-0.1, -0.05) is 12.1 Å². The van der Waals surface area contributed by atoms with Gasteiger partial charge < -0.3 is 14.6 Å². The molecule has 0 atom stereocenters. The van der Waals surface area contributed by atoms with Crippen LogP contribution in [0.2, 0.25) is 0 Å². The lowest BCUT2D eigenvalue weighted by Gasteiger charge is -2.22. The van der Waals surface area contributed by atoms with E-state index in [4.69, 9.17) is 4.42 Å². The quantitative estimate of drug-likeness (QED) is 0.907. The Labute approximate surface area is 136 Å². The minimum atomic E-state index is -4.92. The third kappa shape index (κ3) is 4.37. The summed E-state index contributed by atoms with van der Waals surface area (Å²) in [4.78, 5) is 23.9. The van der Waals surface area contributed by atoms with Crippen molar-refractivity contribution in [1.82, 2.24) is 4.90 Å². The van der Waals surface area contributed by atoms with E-state index in [1.54, 1.807) is 24.3 Å². The Morgan fingerprint density at radius 2 is 1.96 bits per heavy atom. The minimum absolute atomic E-state index is 0.0820. The number of rotatable bonds is 5. The van der Waals surface area contributed by atoms with E-state index in [0.29, 0.717) is 16.2 Å². The molecule has 1 heterocycles. The molecule has 1 N–H and O–H groups in total. The highest BCUT2D eigenvalue weighted by Crippen LogP contribution is 2.21. The fourth-order valence-electron chi connectivity index (χ4n) is 2.07. The number of halogens is 3. The highest BCUT2D eigenvalue weighted by molar-refractivity contribution is 6.02. The van der Waals surface area contributed by atoms with Gasteiger partial charge in [0.05, 0.1) is 6.26 Å². The van der Waals surface area contributed by atoms with Crippen molar-refractivity contribution >= 4 is 17.5 Å². The molecule has 128 valence electrons. The van der Waals surface area contributed by atoms with Crippen molar-refractivity contribution in [1.29, 1.82) is 0 Å². The lowest BCUT2D eigenvalue weighted by atomic mass is 10.2. The summed E-state index contributed by atoms with van der Waals surface area (Å²) in [6, 6.07) is 9.31. The summed E-state index contributed by atoms with van der Waals surface area (Å²) in [6.07, 6.45) is -3.56. The number of nitrogens with one attached hydrogen (secondary N) is 1. The van der Waals surface area contributed by atoms with Crippen molar-refractivity contribution < 1.29 is 27.2 Å². The molecule has 2 rings (SSSR count). The number of hydrogen-bond acceptors (Lipinski definition) is 3. The Bertz CT molecular complexity index is 712. The summed E-state index contributed by atoms with van der Waals surface area (Å²) in [5.41, 5.74) is 0.858. The van der Waals surface area contributed by atoms with Gasteiger partial charge >= 0.3 is 12.1 Å². The predicted molar refractivity (Wildman–Crippen MR) is 80.2 cm³/mol. The number of carbonyl (C=O) groups excluding carboxylic acids is 2. The number of anilines is 1. The van der Waals surface area contributed by atoms with Gasteiger partial charge in [-0.3, -0.25) is 9.59 Å². The Morgan fingerprint density at radius 3 is 2.54 bits per heavy atom. The van der Waals surface area contributed by atoms with Crippen LogP contribution in [-0.4, -0.2) is 29.4 Å². The van der Waals surface area contributed by atoms with Crippen LogP contribution in [0.15, 0.2) is 47.1 Å². The van der Waals surface area contributed by atoms with Crippen LogP contribution in [0.25, 0.3) is 0 Å². The van der Waals surface area contributed by atoms with Gasteiger partial charge in [-0.2, -0.15) is 13.2 Å². The third-order valence-corrected chi connectivity index (χ3v) is 3.21. The SMILES string of the molecule is CCN(Cc1cccc(NC(=O)c2ccco2)c1)C(=O)C(F)(F)F. The fraction of sp³-hybridized carbons (Fsp3) is 0.250. The maximum absolute atomic E-state index is 12.5. The normalized spacial score (nSPS) is 11.2. The van der Waals surface area contributed by atoms with Crippen molar-refractivity contribution in [2.24, 2.45) is 0 Å². The summed E-state index contributed by atoms with van der Waals surface area (Å²) >= 11 is 0. The molecule has 1 aromatic carbocycles. The van der Waals surface area contributed by atoms with Crippen LogP contribution in [0.3, 0.4) is 0 Å². The molecule has 0 saturated heterocycles. The van der Waals surface area contributed by atoms with E-state index < -0.39 is 18.0 Å². The average Bonchev–Trinajstić information content (AvgIpc) is 3.06. The molecule has 24 heavy (non-hydrogen) atoms. The number of amides is 2. The summed E-state index contributed by atoms with van der Waals surface area (Å²) < 4.78 is 42.6. The molecular weight excluding hydrogens is 325 g/mol. The van der Waals surface area contributed by atoms with Crippen LogP contribution in [0.5, 0.6) is 0 Å². The van der Waals surface area contributed by atoms with Crippen molar-refractivity contribution in [2.75, 3.05) is 11.9 Å². The second kappa shape index (κ2) is 7.20. The molecule has 0 unspecified atom stereocenters. The molecular formula is C16H15F3N2O3. The van der Waals surface area contributed by atoms with Crippen LogP contribution in [0.1, 0.15) is 23.0 Å². The summed E-state index contributed by atoms with van der Waals surface area (Å²) in [6.45, 7) is 1.17. The zero-order valence-corrected chi connectivity index (χ0v) is 12.8. The molecule has 5 nitrogen and oxygen atoms in total. The summed E-state index contributed by atoms with van der Waals surface area (Å²) in [7, 11) is 0. The molecule has 0 aliphatic heterocycles. The first-order chi connectivity index (χ1) is 11.3. The topological polar surface area (TPSA) is 62.6 Å². The van der Waals surface area contributed by atoms with Crippen molar-refractivity contribution in [2.45, 2.75) is 19.6 Å². The van der Waals surface area contributed by atoms with E-state index in [9.17, 15) is 22.8 Å². The van der Waals surface area contributed by atoms with E-state index in [1.807, 2.05) is 0 Å². The zero-order valence-electron chi connectivity index (χ0n) is 12.8. The second-order valence-electron chi connectivity index (χ2n) is 4.95. The first-order valence-electron chi connectivity index (χ1n) is 7.11. The highest BCUT2D eigenvalue weighted by atomic mass is 19.4. The standard InChI is InChI=1S/C16H15F3N2O3/c1-2-21(15(23)16(17,18)19)10-11-5-3-6-12(9-11)20-14(22)13-7-4-8-24-13/h3-9H,2,10H2,1H3,(H,20,22). The molecule has 8 heteroatoms. The fourth-order valence-corrected chi connectivity index (χ4v) is 2.07. The number of nitrogens with zero attached hydrogens (tertiary/aromatic N) is 1. The minimum Gasteiger partial charge on any atom is -0.459 e. The Hall–Kier alpha value is -2.77. The monoisotopic (exact) mass is 340 g/mol. The van der Waals surface area contributed by atoms with Crippen molar-refractivity contribution in [3.63, 3.8) is 0 Å². The molecule has 0 spiro atoms. The predicted octanol–water partition coefficient (Wildman–Crippen LogP) is 3.44. The molecule has 2 amide bonds. The van der Waals surface area contributed by atoms with E-state index in [0.717, 1.165) is 0 Å². The third-order valence-electron chi connectivity index (χ3n) is 3.21. The zero-order chi connectivity index (χ0) is 17.7. The lowest BCUT2D eigenvalue weighted by Crippen LogP contribution is -2.40. The van der Waals surface area contributed by atoms with E-state index in [-0.39, 0.29) is 18.8 Å². The molecule has 0 saturated carbocycles. The molecule has 0 bridgehead atoms. The second-order valence-corrected chi connectivity index (χ2v) is 4.95. The molecule has 0 aliphatic carbocycles. The maximum Gasteiger partial charge on any atom is 0.471 e. The first kappa shape index (κ1) is 17.6. The van der Waals surface area contributed by atoms with Gasteiger partial charge in [0.2, 0.25) is 0 Å². The Kier molecular flexibility index (Phi) is 5.28. The number of hydrogen-bond donors (Lipinski definition) is 1. The van der Waals surface area contributed by atoms with Crippen LogP contribution in [0, 0.1) is 0 Å². The van der Waals surface area contributed by atoms with E-state index in [2.05, 4.69) is 5.32 Å². The van der Waals surface area contributed by atoms with E-state index >= 15 is 0 Å². The molecule has 0 radical (unpaired) electrons. The van der Waals surface area contributed by atoms with E-state index in [1.165, 1.54) is 25.3 Å². The molecule has 0 fully saturated rings. The van der Waals surface area contributed by atoms with Gasteiger partial charge in [-0.15, -0.1) is 0 Å². The van der Waals surface area contributed by atoms with Gasteiger partial charge in [0, 0.05) is 18.8 Å². The Morgan fingerprint density at radius 1 is 1.21 bits per heavy atom. The smallest absolute Gasteiger partial charge is 0.459 e. The maximum atomic E-state index is 12.5. The van der Waals surface area contributed by atoms with Crippen LogP contribution in [-0.2, 0) is 11.3 Å². The number of alkyl halides is 3. The summed E-state index contributed by atoms with van der Waals surface area (Å²) in [5.74, 6) is -2.26. The van der Waals surface area contributed by atoms with Crippen LogP contribution in [0.4, 0.5) is 18.9 Å². The molecule has 2 aromatic rings. The van der Waals surface area contributed by atoms with Crippen molar-refractivity contribution in [3.8, 4) is 0 Å². The number of carbonyl (C=O) groups is 2. The van der Waals surface area contributed by atoms with Gasteiger partial charge in [0.25, 0.3) is 5.91 Å². The highest BCUT2D eigenvalue weighted by Gasteiger charge is 2.41. The van der Waals surface area contributed by atoms with Gasteiger partial charge in [0.15, 0.2) is 5.76 Å². The first-order valence-corrected chi connectivity index (χ1v) is 7.11. The Balaban J connectivity index is 2.09. The van der Waals surface area contributed by atoms with Crippen molar-refractivity contribution in [3.05, 3.63) is 54.0 Å².